The number of rotatable bonds is 10. The molecule has 11 heteroatoms. The molecule has 0 bridgehead atoms. The lowest BCUT2D eigenvalue weighted by Crippen LogP contribution is -2.52. The molecule has 0 heterocycles. The summed E-state index contributed by atoms with van der Waals surface area (Å²) < 4.78 is 43.1. The van der Waals surface area contributed by atoms with Crippen LogP contribution in [0.3, 0.4) is 0 Å². The lowest BCUT2D eigenvalue weighted by atomic mass is 10.1. The summed E-state index contributed by atoms with van der Waals surface area (Å²) in [7, 11) is -4.25. The number of halogens is 3. The number of sulfonamides is 1. The second kappa shape index (κ2) is 13.0. The molecule has 1 atom stereocenters. The van der Waals surface area contributed by atoms with Gasteiger partial charge in [-0.1, -0.05) is 72.4 Å². The molecule has 0 saturated heterocycles. The van der Waals surface area contributed by atoms with Crippen LogP contribution >= 0.6 is 23.2 Å². The van der Waals surface area contributed by atoms with Crippen molar-refractivity contribution in [3.05, 3.63) is 94.2 Å². The van der Waals surface area contributed by atoms with Gasteiger partial charge in [0.2, 0.25) is 11.8 Å². The first-order chi connectivity index (χ1) is 19.1. The van der Waals surface area contributed by atoms with Gasteiger partial charge in [-0.05, 0) is 56.2 Å². The van der Waals surface area contributed by atoms with E-state index in [1.807, 2.05) is 0 Å². The van der Waals surface area contributed by atoms with E-state index in [0.717, 1.165) is 30.0 Å². The smallest absolute Gasteiger partial charge is 0.264 e. The van der Waals surface area contributed by atoms with Crippen molar-refractivity contribution in [3.63, 3.8) is 0 Å². The van der Waals surface area contributed by atoms with Crippen LogP contribution in [0.5, 0.6) is 0 Å². The van der Waals surface area contributed by atoms with E-state index in [2.05, 4.69) is 5.32 Å². The van der Waals surface area contributed by atoms with Gasteiger partial charge in [0.05, 0.1) is 20.6 Å². The van der Waals surface area contributed by atoms with Gasteiger partial charge in [-0.15, -0.1) is 0 Å². The van der Waals surface area contributed by atoms with Gasteiger partial charge in [-0.2, -0.15) is 0 Å². The van der Waals surface area contributed by atoms with Gasteiger partial charge in [0, 0.05) is 18.2 Å². The number of anilines is 1. The number of carbonyl (C=O) groups excluding carboxylic acids is 2. The molecule has 3 aromatic carbocycles. The predicted octanol–water partition coefficient (Wildman–Crippen LogP) is 5.80. The zero-order valence-corrected chi connectivity index (χ0v) is 24.2. The molecule has 212 valence electrons. The minimum absolute atomic E-state index is 0.00605. The molecule has 40 heavy (non-hydrogen) atoms. The van der Waals surface area contributed by atoms with Crippen LogP contribution in [-0.2, 0) is 26.2 Å². The molecule has 3 aromatic rings. The van der Waals surface area contributed by atoms with Crippen molar-refractivity contribution in [3.8, 4) is 0 Å². The van der Waals surface area contributed by atoms with Crippen LogP contribution in [0.1, 0.15) is 38.2 Å². The summed E-state index contributed by atoms with van der Waals surface area (Å²) >= 11 is 12.3. The van der Waals surface area contributed by atoms with Crippen molar-refractivity contribution in [2.24, 2.45) is 0 Å². The van der Waals surface area contributed by atoms with Gasteiger partial charge in [-0.3, -0.25) is 13.9 Å². The lowest BCUT2D eigenvalue weighted by molar-refractivity contribution is -0.139. The van der Waals surface area contributed by atoms with Gasteiger partial charge < -0.3 is 10.2 Å². The summed E-state index contributed by atoms with van der Waals surface area (Å²) in [4.78, 5) is 28.3. The Morgan fingerprint density at radius 3 is 2.27 bits per heavy atom. The Labute approximate surface area is 243 Å². The predicted molar refractivity (Wildman–Crippen MR) is 154 cm³/mol. The van der Waals surface area contributed by atoms with E-state index in [4.69, 9.17) is 23.2 Å². The molecule has 0 unspecified atom stereocenters. The number of nitrogens with zero attached hydrogens (tertiary/aromatic N) is 2. The Balaban J connectivity index is 1.70. The van der Waals surface area contributed by atoms with Crippen LogP contribution in [0.2, 0.25) is 10.0 Å². The lowest BCUT2D eigenvalue weighted by Gasteiger charge is -2.32. The van der Waals surface area contributed by atoms with E-state index in [1.54, 1.807) is 31.2 Å². The number of hydrogen-bond donors (Lipinski definition) is 1. The zero-order valence-electron chi connectivity index (χ0n) is 21.9. The minimum atomic E-state index is -4.25. The highest BCUT2D eigenvalue weighted by molar-refractivity contribution is 7.92. The summed E-state index contributed by atoms with van der Waals surface area (Å²) in [6.07, 6.45) is 3.71. The van der Waals surface area contributed by atoms with Crippen molar-refractivity contribution >= 4 is 50.7 Å². The highest BCUT2D eigenvalue weighted by Crippen LogP contribution is 2.31. The molecule has 0 radical (unpaired) electrons. The SMILES string of the molecule is C[C@@H](C(=O)NC1CCCC1)N(Cc1ccccc1F)C(=O)CN(c1ccc(Cl)c(Cl)c1)S(=O)(=O)c1ccccc1. The van der Waals surface area contributed by atoms with E-state index in [1.165, 1.54) is 53.4 Å². The Bertz CT molecular complexity index is 1470. The van der Waals surface area contributed by atoms with E-state index < -0.39 is 34.3 Å². The van der Waals surface area contributed by atoms with Crippen LogP contribution in [0.15, 0.2) is 77.7 Å². The first-order valence-corrected chi connectivity index (χ1v) is 15.1. The molecule has 0 aromatic heterocycles. The Kier molecular flexibility index (Phi) is 9.71. The Morgan fingerprint density at radius 2 is 1.62 bits per heavy atom. The normalized spacial score (nSPS) is 14.5. The number of amides is 2. The highest BCUT2D eigenvalue weighted by Gasteiger charge is 2.33. The maximum absolute atomic E-state index is 14.7. The van der Waals surface area contributed by atoms with Crippen LogP contribution in [0.4, 0.5) is 10.1 Å². The number of benzene rings is 3. The van der Waals surface area contributed by atoms with E-state index in [-0.39, 0.29) is 44.7 Å². The van der Waals surface area contributed by atoms with Crippen molar-refractivity contribution in [1.29, 1.82) is 0 Å². The number of nitrogens with one attached hydrogen (secondary N) is 1. The fourth-order valence-electron chi connectivity index (χ4n) is 4.67. The summed E-state index contributed by atoms with van der Waals surface area (Å²) in [5, 5.41) is 3.30. The zero-order chi connectivity index (χ0) is 28.9. The van der Waals surface area contributed by atoms with Crippen LogP contribution in [-0.4, -0.2) is 43.8 Å². The molecule has 1 aliphatic carbocycles. The van der Waals surface area contributed by atoms with E-state index in [0.29, 0.717) is 0 Å². The first-order valence-electron chi connectivity index (χ1n) is 12.9. The molecule has 1 N–H and O–H groups in total. The van der Waals surface area contributed by atoms with Crippen LogP contribution < -0.4 is 9.62 Å². The van der Waals surface area contributed by atoms with Crippen molar-refractivity contribution in [2.75, 3.05) is 10.8 Å². The molecule has 7 nitrogen and oxygen atoms in total. The third-order valence-corrected chi connectivity index (χ3v) is 9.50. The third kappa shape index (κ3) is 6.95. The molecule has 1 aliphatic rings. The van der Waals surface area contributed by atoms with Crippen LogP contribution in [0.25, 0.3) is 0 Å². The van der Waals surface area contributed by atoms with E-state index in [9.17, 15) is 22.4 Å². The molecule has 0 spiro atoms. The standard InChI is InChI=1S/C29H30Cl2FN3O4S/c1-20(29(37)33-22-10-6-7-11-22)34(18-21-9-5-8-14-27(21)32)28(36)19-35(23-15-16-25(30)26(31)17-23)40(38,39)24-12-3-2-4-13-24/h2-5,8-9,12-17,20,22H,6-7,10-11,18-19H2,1H3,(H,33,37)/t20-/m0/s1. The third-order valence-electron chi connectivity index (χ3n) is 6.97. The molecule has 0 aliphatic heterocycles. The van der Waals surface area contributed by atoms with Crippen molar-refractivity contribution in [2.45, 2.75) is 56.1 Å². The first kappa shape index (κ1) is 29.8. The van der Waals surface area contributed by atoms with Crippen LogP contribution in [0, 0.1) is 5.82 Å². The second-order valence-electron chi connectivity index (χ2n) is 9.70. The average Bonchev–Trinajstić information content (AvgIpc) is 3.46. The monoisotopic (exact) mass is 605 g/mol. The minimum Gasteiger partial charge on any atom is -0.352 e. The average molecular weight is 607 g/mol. The number of hydrogen-bond acceptors (Lipinski definition) is 4. The van der Waals surface area contributed by atoms with E-state index >= 15 is 0 Å². The summed E-state index contributed by atoms with van der Waals surface area (Å²) in [5.41, 5.74) is 0.309. The van der Waals surface area contributed by atoms with Gasteiger partial charge in [0.15, 0.2) is 0 Å². The summed E-state index contributed by atoms with van der Waals surface area (Å²) in [6, 6.07) is 16.8. The number of carbonyl (C=O) groups is 2. The van der Waals surface area contributed by atoms with Gasteiger partial charge in [-0.25, -0.2) is 12.8 Å². The molecule has 1 fully saturated rings. The maximum Gasteiger partial charge on any atom is 0.264 e. The Morgan fingerprint density at radius 1 is 0.975 bits per heavy atom. The van der Waals surface area contributed by atoms with Gasteiger partial charge >= 0.3 is 0 Å². The quantitative estimate of drug-likeness (QED) is 0.316. The topological polar surface area (TPSA) is 86.8 Å². The fraction of sp³-hybridized carbons (Fsp3) is 0.310. The maximum atomic E-state index is 14.7. The van der Waals surface area contributed by atoms with Gasteiger partial charge in [0.25, 0.3) is 10.0 Å². The summed E-state index contributed by atoms with van der Waals surface area (Å²) in [5.74, 6) is -1.62. The highest BCUT2D eigenvalue weighted by atomic mass is 35.5. The molecule has 4 rings (SSSR count). The fourth-order valence-corrected chi connectivity index (χ4v) is 6.39. The molecular formula is C29H30Cl2FN3O4S. The molecule has 1 saturated carbocycles. The molecular weight excluding hydrogens is 576 g/mol. The molecule has 2 amide bonds. The largest absolute Gasteiger partial charge is 0.352 e. The van der Waals surface area contributed by atoms with Crippen molar-refractivity contribution < 1.29 is 22.4 Å². The van der Waals surface area contributed by atoms with Crippen molar-refractivity contribution in [1.82, 2.24) is 10.2 Å². The van der Waals surface area contributed by atoms with Gasteiger partial charge in [0.1, 0.15) is 18.4 Å². The summed E-state index contributed by atoms with van der Waals surface area (Å²) in [6.45, 7) is 0.661. The Hall–Kier alpha value is -3.14. The second-order valence-corrected chi connectivity index (χ2v) is 12.4.